The Morgan fingerprint density at radius 1 is 1.33 bits per heavy atom. The number of amides is 1. The zero-order valence-electron chi connectivity index (χ0n) is 10.9. The van der Waals surface area contributed by atoms with Crippen LogP contribution in [0.1, 0.15) is 15.9 Å². The zero-order chi connectivity index (χ0) is 14.8. The van der Waals surface area contributed by atoms with E-state index < -0.39 is 11.7 Å². The number of carbonyl (C=O) groups excluding carboxylic acids is 1. The van der Waals surface area contributed by atoms with Crippen LogP contribution in [0.5, 0.6) is 0 Å². The van der Waals surface area contributed by atoms with Crippen molar-refractivity contribution in [3.8, 4) is 0 Å². The fourth-order valence-corrected chi connectivity index (χ4v) is 2.13. The highest BCUT2D eigenvalue weighted by Crippen LogP contribution is 2.19. The lowest BCUT2D eigenvalue weighted by atomic mass is 10.1. The van der Waals surface area contributed by atoms with Gasteiger partial charge in [-0.15, -0.1) is 0 Å². The highest BCUT2D eigenvalue weighted by molar-refractivity contribution is 6.11. The largest absolute Gasteiger partial charge is 0.392 e. The van der Waals surface area contributed by atoms with Gasteiger partial charge in [-0.1, -0.05) is 12.1 Å². The third-order valence-corrected chi connectivity index (χ3v) is 3.10. The lowest BCUT2D eigenvalue weighted by Gasteiger charge is -2.07. The number of H-pyrrole nitrogens is 1. The number of hydrogen-bond donors (Lipinski definition) is 3. The SMILES string of the molecule is O=C(Nc1cccc(CO)c1)c1cc(F)cc2[nH]cnc12. The number of aliphatic hydroxyl groups is 1. The normalized spacial score (nSPS) is 10.8. The number of aromatic nitrogens is 2. The zero-order valence-corrected chi connectivity index (χ0v) is 10.9. The van der Waals surface area contributed by atoms with Crippen LogP contribution in [0.2, 0.25) is 0 Å². The minimum atomic E-state index is -0.513. The third kappa shape index (κ3) is 2.61. The van der Waals surface area contributed by atoms with Gasteiger partial charge in [0, 0.05) is 5.69 Å². The summed E-state index contributed by atoms with van der Waals surface area (Å²) in [4.78, 5) is 19.1. The molecular formula is C15H12FN3O2. The molecule has 2 aromatic carbocycles. The number of rotatable bonds is 3. The molecule has 0 atom stereocenters. The maximum atomic E-state index is 13.5. The minimum absolute atomic E-state index is 0.118. The molecule has 0 aliphatic rings. The van der Waals surface area contributed by atoms with Crippen molar-refractivity contribution in [3.05, 3.63) is 59.7 Å². The summed E-state index contributed by atoms with van der Waals surface area (Å²) in [6.07, 6.45) is 1.41. The van der Waals surface area contributed by atoms with E-state index >= 15 is 0 Å². The molecule has 0 aliphatic heterocycles. The van der Waals surface area contributed by atoms with E-state index in [9.17, 15) is 9.18 Å². The molecule has 1 amide bonds. The second-order valence-corrected chi connectivity index (χ2v) is 4.56. The summed E-state index contributed by atoms with van der Waals surface area (Å²) in [5, 5.41) is 11.8. The van der Waals surface area contributed by atoms with Gasteiger partial charge in [-0.25, -0.2) is 9.37 Å². The predicted octanol–water partition coefficient (Wildman–Crippen LogP) is 2.45. The van der Waals surface area contributed by atoms with E-state index in [1.54, 1.807) is 24.3 Å². The maximum Gasteiger partial charge on any atom is 0.258 e. The third-order valence-electron chi connectivity index (χ3n) is 3.10. The van der Waals surface area contributed by atoms with Crippen molar-refractivity contribution in [2.75, 3.05) is 5.32 Å². The van der Waals surface area contributed by atoms with Crippen LogP contribution in [0, 0.1) is 5.82 Å². The molecule has 3 aromatic rings. The fraction of sp³-hybridized carbons (Fsp3) is 0.0667. The number of halogens is 1. The number of aromatic amines is 1. The standard InChI is InChI=1S/C15H12FN3O2/c16-10-5-12(14-13(6-10)17-8-18-14)15(21)19-11-3-1-2-9(4-11)7-20/h1-6,8,20H,7H2,(H,17,18)(H,19,21). The Kier molecular flexibility index (Phi) is 3.37. The molecule has 0 bridgehead atoms. The monoisotopic (exact) mass is 285 g/mol. The first-order valence-corrected chi connectivity index (χ1v) is 6.31. The van der Waals surface area contributed by atoms with Crippen molar-refractivity contribution in [1.82, 2.24) is 9.97 Å². The maximum absolute atomic E-state index is 13.5. The number of hydrogen-bond acceptors (Lipinski definition) is 3. The number of aliphatic hydroxyl groups excluding tert-OH is 1. The van der Waals surface area contributed by atoms with Crippen molar-refractivity contribution in [3.63, 3.8) is 0 Å². The summed E-state index contributed by atoms with van der Waals surface area (Å²) in [6.45, 7) is -0.118. The van der Waals surface area contributed by atoms with Gasteiger partial charge in [-0.2, -0.15) is 0 Å². The van der Waals surface area contributed by atoms with Crippen molar-refractivity contribution in [2.45, 2.75) is 6.61 Å². The highest BCUT2D eigenvalue weighted by Gasteiger charge is 2.14. The average Bonchev–Trinajstić information content (AvgIpc) is 2.94. The second kappa shape index (κ2) is 5.34. The molecule has 0 aliphatic carbocycles. The highest BCUT2D eigenvalue weighted by atomic mass is 19.1. The molecule has 0 spiro atoms. The Bertz CT molecular complexity index is 814. The van der Waals surface area contributed by atoms with Crippen LogP contribution >= 0.6 is 0 Å². The van der Waals surface area contributed by atoms with Gasteiger partial charge < -0.3 is 15.4 Å². The van der Waals surface area contributed by atoms with Gasteiger partial charge in [0.2, 0.25) is 0 Å². The first kappa shape index (κ1) is 13.3. The van der Waals surface area contributed by atoms with Crippen LogP contribution in [-0.4, -0.2) is 21.0 Å². The summed E-state index contributed by atoms with van der Waals surface area (Å²) in [5.74, 6) is -0.970. The Hall–Kier alpha value is -2.73. The van der Waals surface area contributed by atoms with E-state index in [-0.39, 0.29) is 12.2 Å². The van der Waals surface area contributed by atoms with Crippen LogP contribution in [-0.2, 0) is 6.61 Å². The molecule has 21 heavy (non-hydrogen) atoms. The summed E-state index contributed by atoms with van der Waals surface area (Å²) in [6, 6.07) is 9.23. The van der Waals surface area contributed by atoms with Crippen LogP contribution in [0.3, 0.4) is 0 Å². The van der Waals surface area contributed by atoms with E-state index in [2.05, 4.69) is 15.3 Å². The predicted molar refractivity (Wildman–Crippen MR) is 76.4 cm³/mol. The van der Waals surface area contributed by atoms with Crippen molar-refractivity contribution in [1.29, 1.82) is 0 Å². The number of fused-ring (bicyclic) bond motifs is 1. The van der Waals surface area contributed by atoms with E-state index in [0.717, 1.165) is 6.07 Å². The Labute approximate surface area is 119 Å². The molecule has 0 saturated heterocycles. The lowest BCUT2D eigenvalue weighted by molar-refractivity contribution is 0.102. The van der Waals surface area contributed by atoms with E-state index in [0.29, 0.717) is 22.3 Å². The van der Waals surface area contributed by atoms with Gasteiger partial charge in [0.15, 0.2) is 0 Å². The Balaban J connectivity index is 1.95. The molecule has 0 unspecified atom stereocenters. The van der Waals surface area contributed by atoms with Gasteiger partial charge in [0.25, 0.3) is 5.91 Å². The van der Waals surface area contributed by atoms with Crippen LogP contribution in [0.15, 0.2) is 42.7 Å². The minimum Gasteiger partial charge on any atom is -0.392 e. The Morgan fingerprint density at radius 2 is 2.19 bits per heavy atom. The van der Waals surface area contributed by atoms with Gasteiger partial charge in [0.1, 0.15) is 11.3 Å². The number of benzene rings is 2. The molecule has 3 N–H and O–H groups in total. The lowest BCUT2D eigenvalue weighted by Crippen LogP contribution is -2.13. The topological polar surface area (TPSA) is 78.0 Å². The molecule has 0 fully saturated rings. The van der Waals surface area contributed by atoms with E-state index in [1.165, 1.54) is 12.4 Å². The number of anilines is 1. The smallest absolute Gasteiger partial charge is 0.258 e. The fourth-order valence-electron chi connectivity index (χ4n) is 2.13. The number of carbonyl (C=O) groups is 1. The number of nitrogens with zero attached hydrogens (tertiary/aromatic N) is 1. The molecule has 106 valence electrons. The molecule has 5 nitrogen and oxygen atoms in total. The summed E-state index contributed by atoms with van der Waals surface area (Å²) in [5.41, 5.74) is 2.23. The van der Waals surface area contributed by atoms with Gasteiger partial charge in [-0.05, 0) is 29.8 Å². The average molecular weight is 285 g/mol. The van der Waals surface area contributed by atoms with Crippen LogP contribution < -0.4 is 5.32 Å². The molecule has 1 aromatic heterocycles. The van der Waals surface area contributed by atoms with Crippen LogP contribution in [0.25, 0.3) is 11.0 Å². The van der Waals surface area contributed by atoms with Crippen molar-refractivity contribution in [2.24, 2.45) is 0 Å². The molecule has 0 saturated carbocycles. The number of imidazole rings is 1. The van der Waals surface area contributed by atoms with Gasteiger partial charge in [-0.3, -0.25) is 4.79 Å². The van der Waals surface area contributed by atoms with E-state index in [1.807, 2.05) is 0 Å². The molecule has 6 heteroatoms. The molecule has 1 heterocycles. The molecule has 0 radical (unpaired) electrons. The second-order valence-electron chi connectivity index (χ2n) is 4.56. The first-order chi connectivity index (χ1) is 10.2. The quantitative estimate of drug-likeness (QED) is 0.691. The van der Waals surface area contributed by atoms with Gasteiger partial charge in [0.05, 0.1) is 24.0 Å². The van der Waals surface area contributed by atoms with E-state index in [4.69, 9.17) is 5.11 Å². The molecular weight excluding hydrogens is 273 g/mol. The first-order valence-electron chi connectivity index (χ1n) is 6.31. The summed E-state index contributed by atoms with van der Waals surface area (Å²) in [7, 11) is 0. The Morgan fingerprint density at radius 3 is 3.00 bits per heavy atom. The summed E-state index contributed by atoms with van der Waals surface area (Å²) >= 11 is 0. The van der Waals surface area contributed by atoms with Crippen molar-refractivity contribution < 1.29 is 14.3 Å². The van der Waals surface area contributed by atoms with Crippen LogP contribution in [0.4, 0.5) is 10.1 Å². The van der Waals surface area contributed by atoms with Crippen molar-refractivity contribution >= 4 is 22.6 Å². The number of nitrogens with one attached hydrogen (secondary N) is 2. The van der Waals surface area contributed by atoms with Gasteiger partial charge >= 0.3 is 0 Å². The molecule has 3 rings (SSSR count). The summed E-state index contributed by atoms with van der Waals surface area (Å²) < 4.78 is 13.5.